The molecule has 0 atom stereocenters. The number of barbiturate groups is 1. The van der Waals surface area contributed by atoms with Gasteiger partial charge >= 0.3 is 6.03 Å². The number of methoxy groups -OCH3 is 1. The first-order valence-corrected chi connectivity index (χ1v) is 12.3. The largest absolute Gasteiger partial charge is 0.497 e. The van der Waals surface area contributed by atoms with Crippen LogP contribution < -0.4 is 24.4 Å². The molecule has 0 saturated carbocycles. The van der Waals surface area contributed by atoms with Crippen LogP contribution in [0.4, 0.5) is 14.9 Å². The minimum Gasteiger partial charge on any atom is -0.497 e. The number of hydrogen-bond acceptors (Lipinski definition) is 6. The van der Waals surface area contributed by atoms with E-state index in [2.05, 4.69) is 27.9 Å². The minimum absolute atomic E-state index is 0.191. The summed E-state index contributed by atoms with van der Waals surface area (Å²) < 4.78 is 30.7. The maximum absolute atomic E-state index is 13.2. The van der Waals surface area contributed by atoms with Crippen molar-refractivity contribution in [2.24, 2.45) is 0 Å². The highest BCUT2D eigenvalue weighted by Gasteiger charge is 2.37. The first-order valence-electron chi connectivity index (χ1n) is 11.2. The lowest BCUT2D eigenvalue weighted by Gasteiger charge is -2.26. The fourth-order valence-corrected chi connectivity index (χ4v) is 4.38. The second kappa shape index (κ2) is 11.4. The van der Waals surface area contributed by atoms with Gasteiger partial charge in [-0.05, 0) is 95.2 Å². The zero-order valence-corrected chi connectivity index (χ0v) is 22.1. The van der Waals surface area contributed by atoms with Crippen LogP contribution in [0.25, 0.3) is 6.08 Å². The summed E-state index contributed by atoms with van der Waals surface area (Å²) in [6.45, 7) is 2.36. The second-order valence-corrected chi connectivity index (χ2v) is 9.00. The minimum atomic E-state index is -0.841. The highest BCUT2D eigenvalue weighted by molar-refractivity contribution is 14.1. The van der Waals surface area contributed by atoms with Gasteiger partial charge in [0.25, 0.3) is 11.8 Å². The molecule has 4 amide bonds. The van der Waals surface area contributed by atoms with Crippen LogP contribution in [0.5, 0.6) is 17.2 Å². The predicted molar refractivity (Wildman–Crippen MR) is 143 cm³/mol. The Bertz CT molecular complexity index is 1370. The summed E-state index contributed by atoms with van der Waals surface area (Å²) in [6, 6.07) is 14.8. The SMILES string of the molecule is CCOc1cc(/C=C2\C(=O)NC(=O)N(c3ccc(OC)cc3)C2=O)cc(I)c1OCc1ccc(F)cc1. The van der Waals surface area contributed by atoms with Crippen LogP contribution in [0, 0.1) is 9.39 Å². The number of nitrogens with one attached hydrogen (secondary N) is 1. The van der Waals surface area contributed by atoms with Crippen LogP contribution >= 0.6 is 22.6 Å². The fourth-order valence-electron chi connectivity index (χ4n) is 3.60. The number of hydrogen-bond donors (Lipinski definition) is 1. The van der Waals surface area contributed by atoms with Gasteiger partial charge in [-0.15, -0.1) is 0 Å². The van der Waals surface area contributed by atoms with Crippen LogP contribution in [-0.4, -0.2) is 31.6 Å². The van der Waals surface area contributed by atoms with Crippen molar-refractivity contribution in [3.05, 3.63) is 86.8 Å². The molecular formula is C27H22FIN2O6. The molecule has 3 aromatic rings. The summed E-state index contributed by atoms with van der Waals surface area (Å²) in [5.41, 5.74) is 1.35. The van der Waals surface area contributed by atoms with Crippen LogP contribution in [-0.2, 0) is 16.2 Å². The predicted octanol–water partition coefficient (Wildman–Crippen LogP) is 5.08. The Kier molecular flexibility index (Phi) is 8.07. The van der Waals surface area contributed by atoms with Gasteiger partial charge in [0.15, 0.2) is 11.5 Å². The highest BCUT2D eigenvalue weighted by Crippen LogP contribution is 2.36. The van der Waals surface area contributed by atoms with Gasteiger partial charge in [0.1, 0.15) is 23.7 Å². The number of nitrogens with zero attached hydrogens (tertiary/aromatic N) is 1. The number of benzene rings is 3. The van der Waals surface area contributed by atoms with E-state index in [1.165, 1.54) is 25.3 Å². The fraction of sp³-hybridized carbons (Fsp3) is 0.148. The van der Waals surface area contributed by atoms with Crippen molar-refractivity contribution in [2.75, 3.05) is 18.6 Å². The maximum atomic E-state index is 13.2. The van der Waals surface area contributed by atoms with E-state index in [1.54, 1.807) is 48.5 Å². The molecule has 3 aromatic carbocycles. The Morgan fingerprint density at radius 3 is 2.35 bits per heavy atom. The van der Waals surface area contributed by atoms with Gasteiger partial charge in [-0.3, -0.25) is 14.9 Å². The number of halogens is 2. The molecule has 0 bridgehead atoms. The van der Waals surface area contributed by atoms with E-state index < -0.39 is 17.8 Å². The van der Waals surface area contributed by atoms with Crippen LogP contribution in [0.2, 0.25) is 0 Å². The van der Waals surface area contributed by atoms with Gasteiger partial charge < -0.3 is 14.2 Å². The topological polar surface area (TPSA) is 94.2 Å². The lowest BCUT2D eigenvalue weighted by atomic mass is 10.1. The van der Waals surface area contributed by atoms with Gasteiger partial charge in [0, 0.05) is 0 Å². The molecule has 0 spiro atoms. The van der Waals surface area contributed by atoms with E-state index in [-0.39, 0.29) is 23.7 Å². The van der Waals surface area contributed by atoms with E-state index in [0.29, 0.717) is 33.0 Å². The molecule has 0 aliphatic carbocycles. The molecule has 1 N–H and O–H groups in total. The summed E-state index contributed by atoms with van der Waals surface area (Å²) >= 11 is 2.07. The molecule has 0 radical (unpaired) electrons. The van der Waals surface area contributed by atoms with Gasteiger partial charge in [-0.2, -0.15) is 0 Å². The molecule has 1 heterocycles. The van der Waals surface area contributed by atoms with Crippen molar-refractivity contribution < 1.29 is 33.0 Å². The molecule has 0 aromatic heterocycles. The van der Waals surface area contributed by atoms with Gasteiger partial charge in [0.2, 0.25) is 0 Å². The summed E-state index contributed by atoms with van der Waals surface area (Å²) in [4.78, 5) is 39.2. The van der Waals surface area contributed by atoms with Crippen molar-refractivity contribution in [3.63, 3.8) is 0 Å². The number of imide groups is 2. The zero-order chi connectivity index (χ0) is 26.5. The van der Waals surface area contributed by atoms with Crippen molar-refractivity contribution in [2.45, 2.75) is 13.5 Å². The molecule has 1 aliphatic heterocycles. The van der Waals surface area contributed by atoms with E-state index in [0.717, 1.165) is 10.5 Å². The molecule has 4 rings (SSSR count). The molecular weight excluding hydrogens is 594 g/mol. The Hall–Kier alpha value is -3.93. The second-order valence-electron chi connectivity index (χ2n) is 7.83. The third kappa shape index (κ3) is 5.91. The van der Waals surface area contributed by atoms with E-state index in [1.807, 2.05) is 6.92 Å². The molecule has 190 valence electrons. The van der Waals surface area contributed by atoms with E-state index in [9.17, 15) is 18.8 Å². The average Bonchev–Trinajstić information content (AvgIpc) is 2.87. The molecule has 1 fully saturated rings. The number of anilines is 1. The van der Waals surface area contributed by atoms with Crippen LogP contribution in [0.3, 0.4) is 0 Å². The van der Waals surface area contributed by atoms with Gasteiger partial charge in [-0.25, -0.2) is 14.1 Å². The zero-order valence-electron chi connectivity index (χ0n) is 19.9. The molecule has 1 aliphatic rings. The summed E-state index contributed by atoms with van der Waals surface area (Å²) in [5.74, 6) is -0.453. The van der Waals surface area contributed by atoms with E-state index >= 15 is 0 Å². The van der Waals surface area contributed by atoms with Crippen LogP contribution in [0.15, 0.2) is 66.2 Å². The molecule has 10 heteroatoms. The number of rotatable bonds is 8. The van der Waals surface area contributed by atoms with Crippen LogP contribution in [0.1, 0.15) is 18.1 Å². The molecule has 0 unspecified atom stereocenters. The van der Waals surface area contributed by atoms with Crippen molar-refractivity contribution >= 4 is 52.2 Å². The normalized spacial score (nSPS) is 14.5. The summed E-state index contributed by atoms with van der Waals surface area (Å²) in [6.07, 6.45) is 1.40. The Morgan fingerprint density at radius 1 is 1.00 bits per heavy atom. The van der Waals surface area contributed by atoms with Gasteiger partial charge in [-0.1, -0.05) is 12.1 Å². The molecule has 8 nitrogen and oxygen atoms in total. The average molecular weight is 616 g/mol. The lowest BCUT2D eigenvalue weighted by molar-refractivity contribution is -0.122. The van der Waals surface area contributed by atoms with Crippen molar-refractivity contribution in [1.29, 1.82) is 0 Å². The number of ether oxygens (including phenoxy) is 3. The smallest absolute Gasteiger partial charge is 0.335 e. The first-order chi connectivity index (χ1) is 17.8. The molecule has 37 heavy (non-hydrogen) atoms. The Balaban J connectivity index is 1.64. The summed E-state index contributed by atoms with van der Waals surface area (Å²) in [5, 5.41) is 2.21. The Morgan fingerprint density at radius 2 is 1.70 bits per heavy atom. The third-order valence-corrected chi connectivity index (χ3v) is 6.17. The quantitative estimate of drug-likeness (QED) is 0.216. The number of carbonyl (C=O) groups excluding carboxylic acids is 3. The Labute approximate surface area is 226 Å². The monoisotopic (exact) mass is 616 g/mol. The van der Waals surface area contributed by atoms with Crippen molar-refractivity contribution in [1.82, 2.24) is 5.32 Å². The third-order valence-electron chi connectivity index (χ3n) is 5.37. The van der Waals surface area contributed by atoms with Crippen molar-refractivity contribution in [3.8, 4) is 17.2 Å². The first kappa shape index (κ1) is 26.1. The number of urea groups is 1. The highest BCUT2D eigenvalue weighted by atomic mass is 127. The standard InChI is InChI=1S/C27H22FIN2O6/c1-3-36-23-14-17(13-22(29)24(23)37-15-16-4-6-18(28)7-5-16)12-21-25(32)30-27(34)31(26(21)33)19-8-10-20(35-2)11-9-19/h4-14H,3,15H2,1-2H3,(H,30,32,34)/b21-12+. The summed E-state index contributed by atoms with van der Waals surface area (Å²) in [7, 11) is 1.50. The van der Waals surface area contributed by atoms with E-state index in [4.69, 9.17) is 14.2 Å². The molecule has 1 saturated heterocycles. The van der Waals surface area contributed by atoms with Gasteiger partial charge in [0.05, 0.1) is 23.0 Å². The maximum Gasteiger partial charge on any atom is 0.335 e. The number of amides is 4. The number of carbonyl (C=O) groups is 3. The lowest BCUT2D eigenvalue weighted by Crippen LogP contribution is -2.54.